The van der Waals surface area contributed by atoms with E-state index in [1.807, 2.05) is 30.3 Å². The van der Waals surface area contributed by atoms with Crippen LogP contribution in [-0.2, 0) is 6.18 Å². The fourth-order valence-corrected chi connectivity index (χ4v) is 4.97. The Morgan fingerprint density at radius 3 is 2.37 bits per heavy atom. The summed E-state index contributed by atoms with van der Waals surface area (Å²) in [4.78, 5) is 21.2. The molecule has 0 saturated carbocycles. The van der Waals surface area contributed by atoms with Crippen molar-refractivity contribution in [2.24, 2.45) is 0 Å². The second-order valence-electron chi connectivity index (χ2n) is 9.69. The van der Waals surface area contributed by atoms with Crippen molar-refractivity contribution in [3.8, 4) is 11.5 Å². The fraction of sp³-hybridized carbons (Fsp3) is 0.241. The Balaban J connectivity index is 1.21. The maximum atomic E-state index is 14.9. The first-order valence-corrected chi connectivity index (χ1v) is 12.8. The summed E-state index contributed by atoms with van der Waals surface area (Å²) in [5, 5.41) is 8.19. The number of piperazine rings is 1. The van der Waals surface area contributed by atoms with Gasteiger partial charge in [-0.1, -0.05) is 30.3 Å². The molecule has 1 aliphatic heterocycles. The summed E-state index contributed by atoms with van der Waals surface area (Å²) < 4.78 is 65.5. The Kier molecular flexibility index (Phi) is 6.78. The molecule has 0 bridgehead atoms. The number of aromatic nitrogens is 3. The molecule has 0 N–H and O–H groups in total. The predicted octanol–water partition coefficient (Wildman–Crippen LogP) is 5.89. The van der Waals surface area contributed by atoms with Gasteiger partial charge in [-0.05, 0) is 42.0 Å². The first kappa shape index (κ1) is 26.6. The van der Waals surface area contributed by atoms with Gasteiger partial charge in [0.1, 0.15) is 17.4 Å². The summed E-state index contributed by atoms with van der Waals surface area (Å²) in [7, 11) is 0. The molecule has 0 unspecified atom stereocenters. The molecule has 0 radical (unpaired) electrons. The summed E-state index contributed by atoms with van der Waals surface area (Å²) in [6, 6.07) is 16.2. The number of hydrogen-bond acceptors (Lipinski definition) is 7. The highest BCUT2D eigenvalue weighted by molar-refractivity contribution is 5.95. The van der Waals surface area contributed by atoms with Crippen LogP contribution in [0.1, 0.15) is 39.3 Å². The van der Waals surface area contributed by atoms with E-state index in [0.29, 0.717) is 38.0 Å². The standard InChI is InChI=1S/C29H23F4N5O3/c1-17-35-36-27(40-17)25(18-5-3-2-4-6-18)37-11-13-38(14-12-37)28(39)21-15-19(7-9-22(21)30)26-34-23-16-20(29(31,32)33)8-10-24(23)41-26/h2-10,15-16,25H,11-14H2,1H3/t25-/m1/s1. The summed E-state index contributed by atoms with van der Waals surface area (Å²) >= 11 is 0. The lowest BCUT2D eigenvalue weighted by Gasteiger charge is -2.38. The number of alkyl halides is 3. The average Bonchev–Trinajstić information content (AvgIpc) is 3.59. The third-order valence-corrected chi connectivity index (χ3v) is 7.02. The van der Waals surface area contributed by atoms with Gasteiger partial charge in [-0.3, -0.25) is 9.69 Å². The van der Waals surface area contributed by atoms with Crippen LogP contribution in [0.3, 0.4) is 0 Å². The maximum Gasteiger partial charge on any atom is 0.416 e. The van der Waals surface area contributed by atoms with Crippen LogP contribution in [0, 0.1) is 12.7 Å². The van der Waals surface area contributed by atoms with Gasteiger partial charge >= 0.3 is 6.18 Å². The molecule has 1 fully saturated rings. The molecular weight excluding hydrogens is 542 g/mol. The monoisotopic (exact) mass is 565 g/mol. The molecule has 3 aromatic carbocycles. The summed E-state index contributed by atoms with van der Waals surface area (Å²) in [5.41, 5.74) is 0.353. The van der Waals surface area contributed by atoms with Crippen molar-refractivity contribution < 1.29 is 31.2 Å². The van der Waals surface area contributed by atoms with E-state index >= 15 is 0 Å². The number of halogens is 4. The quantitative estimate of drug-likeness (QED) is 0.246. The molecule has 1 saturated heterocycles. The van der Waals surface area contributed by atoms with E-state index in [1.54, 1.807) is 11.8 Å². The van der Waals surface area contributed by atoms with Crippen molar-refractivity contribution in [3.63, 3.8) is 0 Å². The molecule has 2 aromatic heterocycles. The number of amides is 1. The van der Waals surface area contributed by atoms with E-state index in [4.69, 9.17) is 8.83 Å². The topological polar surface area (TPSA) is 88.5 Å². The number of carbonyl (C=O) groups excluding carboxylic acids is 1. The molecule has 12 heteroatoms. The van der Waals surface area contributed by atoms with E-state index in [2.05, 4.69) is 20.1 Å². The van der Waals surface area contributed by atoms with Gasteiger partial charge in [-0.25, -0.2) is 9.37 Å². The van der Waals surface area contributed by atoms with Crippen LogP contribution in [0.4, 0.5) is 17.6 Å². The lowest BCUT2D eigenvalue weighted by molar-refractivity contribution is -0.137. The molecule has 3 heterocycles. The van der Waals surface area contributed by atoms with E-state index in [0.717, 1.165) is 23.8 Å². The number of benzene rings is 3. The second kappa shape index (κ2) is 10.4. The van der Waals surface area contributed by atoms with Gasteiger partial charge < -0.3 is 13.7 Å². The smallest absolute Gasteiger partial charge is 0.416 e. The van der Waals surface area contributed by atoms with Gasteiger partial charge in [-0.15, -0.1) is 10.2 Å². The highest BCUT2D eigenvalue weighted by Gasteiger charge is 2.33. The number of rotatable bonds is 5. The Hall–Kier alpha value is -4.58. The Morgan fingerprint density at radius 1 is 0.927 bits per heavy atom. The number of fused-ring (bicyclic) bond motifs is 1. The molecule has 0 aliphatic carbocycles. The van der Waals surface area contributed by atoms with Crippen LogP contribution in [0.5, 0.6) is 0 Å². The Bertz CT molecular complexity index is 1710. The summed E-state index contributed by atoms with van der Waals surface area (Å²) in [6.07, 6.45) is -4.53. The SMILES string of the molecule is Cc1nnc([C@@H](c2ccccc2)N2CCN(C(=O)c3cc(-c4nc5cc(C(F)(F)F)ccc5o4)ccc3F)CC2)o1. The Morgan fingerprint density at radius 2 is 1.68 bits per heavy atom. The third-order valence-electron chi connectivity index (χ3n) is 7.02. The number of aryl methyl sites for hydroxylation is 1. The number of oxazole rings is 1. The Labute approximate surface area is 231 Å². The zero-order valence-corrected chi connectivity index (χ0v) is 21.7. The van der Waals surface area contributed by atoms with E-state index < -0.39 is 23.5 Å². The molecule has 6 rings (SSSR count). The van der Waals surface area contributed by atoms with E-state index in [-0.39, 0.29) is 34.2 Å². The molecule has 5 aromatic rings. The molecule has 1 amide bonds. The van der Waals surface area contributed by atoms with Crippen molar-refractivity contribution in [2.45, 2.75) is 19.1 Å². The van der Waals surface area contributed by atoms with Crippen molar-refractivity contribution >= 4 is 17.0 Å². The van der Waals surface area contributed by atoms with E-state index in [9.17, 15) is 22.4 Å². The van der Waals surface area contributed by atoms with Gasteiger partial charge in [0.25, 0.3) is 5.91 Å². The molecule has 0 spiro atoms. The van der Waals surface area contributed by atoms with Crippen LogP contribution in [0.25, 0.3) is 22.6 Å². The normalized spacial score (nSPS) is 15.4. The highest BCUT2D eigenvalue weighted by atomic mass is 19.4. The number of carbonyl (C=O) groups is 1. The molecule has 1 atom stereocenters. The fourth-order valence-electron chi connectivity index (χ4n) is 4.97. The maximum absolute atomic E-state index is 14.9. The number of nitrogens with zero attached hydrogens (tertiary/aromatic N) is 5. The summed E-state index contributed by atoms with van der Waals surface area (Å²) in [6.45, 7) is 3.31. The van der Waals surface area contributed by atoms with Crippen LogP contribution < -0.4 is 0 Å². The molecule has 41 heavy (non-hydrogen) atoms. The van der Waals surface area contributed by atoms with Crippen LogP contribution in [-0.4, -0.2) is 57.1 Å². The summed E-state index contributed by atoms with van der Waals surface area (Å²) in [5.74, 6) is -0.346. The van der Waals surface area contributed by atoms with Gasteiger partial charge in [0.15, 0.2) is 5.58 Å². The highest BCUT2D eigenvalue weighted by Crippen LogP contribution is 2.34. The van der Waals surface area contributed by atoms with Crippen LogP contribution in [0.15, 0.2) is 75.6 Å². The zero-order chi connectivity index (χ0) is 28.7. The first-order valence-electron chi connectivity index (χ1n) is 12.8. The van der Waals surface area contributed by atoms with Crippen molar-refractivity contribution in [2.75, 3.05) is 26.2 Å². The predicted molar refractivity (Wildman–Crippen MR) is 139 cm³/mol. The molecular formula is C29H23F4N5O3. The number of hydrogen-bond donors (Lipinski definition) is 0. The van der Waals surface area contributed by atoms with Gasteiger partial charge in [0.2, 0.25) is 17.7 Å². The lowest BCUT2D eigenvalue weighted by atomic mass is 10.0. The average molecular weight is 566 g/mol. The molecule has 8 nitrogen and oxygen atoms in total. The minimum atomic E-state index is -4.53. The van der Waals surface area contributed by atoms with Crippen molar-refractivity contribution in [3.05, 3.63) is 101 Å². The second-order valence-corrected chi connectivity index (χ2v) is 9.69. The van der Waals surface area contributed by atoms with Gasteiger partial charge in [0, 0.05) is 38.7 Å². The first-order chi connectivity index (χ1) is 19.7. The van der Waals surface area contributed by atoms with Crippen LogP contribution in [0.2, 0.25) is 0 Å². The van der Waals surface area contributed by atoms with Crippen molar-refractivity contribution in [1.82, 2.24) is 25.0 Å². The molecule has 1 aliphatic rings. The zero-order valence-electron chi connectivity index (χ0n) is 21.7. The van der Waals surface area contributed by atoms with Gasteiger partial charge in [0.05, 0.1) is 11.1 Å². The van der Waals surface area contributed by atoms with Gasteiger partial charge in [-0.2, -0.15) is 13.2 Å². The minimum absolute atomic E-state index is 0.00700. The van der Waals surface area contributed by atoms with Crippen LogP contribution >= 0.6 is 0 Å². The van der Waals surface area contributed by atoms with Crippen molar-refractivity contribution in [1.29, 1.82) is 0 Å². The largest absolute Gasteiger partial charge is 0.436 e. The minimum Gasteiger partial charge on any atom is -0.436 e. The molecule has 210 valence electrons. The lowest BCUT2D eigenvalue weighted by Crippen LogP contribution is -2.50. The van der Waals surface area contributed by atoms with E-state index in [1.165, 1.54) is 18.2 Å². The third kappa shape index (κ3) is 5.30.